The zero-order valence-corrected chi connectivity index (χ0v) is 11.7. The van der Waals surface area contributed by atoms with Gasteiger partial charge in [0.2, 0.25) is 0 Å². The van der Waals surface area contributed by atoms with E-state index < -0.39 is 0 Å². The van der Waals surface area contributed by atoms with Gasteiger partial charge in [-0.05, 0) is 35.7 Å². The molecule has 0 radical (unpaired) electrons. The molecule has 2 rings (SSSR count). The number of nitrogens with two attached hydrogens (primary N) is 1. The average Bonchev–Trinajstić information content (AvgIpc) is 2.79. The normalized spacial score (nSPS) is 12.4. The summed E-state index contributed by atoms with van der Waals surface area (Å²) in [5.74, 6) is 6.26. The Morgan fingerprint density at radius 1 is 1.22 bits per heavy atom. The van der Waals surface area contributed by atoms with Crippen LogP contribution in [0.1, 0.15) is 10.9 Å². The van der Waals surface area contributed by atoms with Crippen molar-refractivity contribution in [2.24, 2.45) is 5.84 Å². The molecule has 1 atom stereocenters. The standard InChI is InChI=1S/C12H12Cl2N2OS/c13-8-1-3-9(4-2-8)17-7-11(16-15)12-10(14)5-6-18-12/h1-6,11,16H,7,15H2. The van der Waals surface area contributed by atoms with Crippen molar-refractivity contribution in [2.45, 2.75) is 6.04 Å². The number of nitrogens with one attached hydrogen (secondary N) is 1. The van der Waals surface area contributed by atoms with Crippen molar-refractivity contribution in [1.82, 2.24) is 5.43 Å². The lowest BCUT2D eigenvalue weighted by atomic mass is 10.2. The topological polar surface area (TPSA) is 47.3 Å². The number of benzene rings is 1. The molecule has 0 aliphatic carbocycles. The Bertz CT molecular complexity index is 501. The van der Waals surface area contributed by atoms with E-state index in [9.17, 15) is 0 Å². The molecule has 3 nitrogen and oxygen atoms in total. The summed E-state index contributed by atoms with van der Waals surface area (Å²) in [7, 11) is 0. The van der Waals surface area contributed by atoms with Gasteiger partial charge in [0.05, 0.1) is 11.1 Å². The number of rotatable bonds is 5. The van der Waals surface area contributed by atoms with Crippen molar-refractivity contribution >= 4 is 34.5 Å². The van der Waals surface area contributed by atoms with E-state index in [-0.39, 0.29) is 6.04 Å². The molecule has 6 heteroatoms. The van der Waals surface area contributed by atoms with Crippen molar-refractivity contribution < 1.29 is 4.74 Å². The Labute approximate surface area is 119 Å². The van der Waals surface area contributed by atoms with E-state index in [0.717, 1.165) is 10.6 Å². The second-order valence-corrected chi connectivity index (χ2v) is 5.41. The van der Waals surface area contributed by atoms with Crippen molar-refractivity contribution in [3.05, 3.63) is 50.6 Å². The van der Waals surface area contributed by atoms with Gasteiger partial charge in [-0.2, -0.15) is 0 Å². The molecule has 0 bridgehead atoms. The molecule has 0 amide bonds. The fourth-order valence-electron chi connectivity index (χ4n) is 1.46. The zero-order valence-electron chi connectivity index (χ0n) is 9.40. The molecule has 0 aliphatic rings. The van der Waals surface area contributed by atoms with Crippen molar-refractivity contribution in [1.29, 1.82) is 0 Å². The Balaban J connectivity index is 2.00. The summed E-state index contributed by atoms with van der Waals surface area (Å²) in [6.45, 7) is 0.401. The van der Waals surface area contributed by atoms with Crippen LogP contribution < -0.4 is 16.0 Å². The predicted molar refractivity (Wildman–Crippen MR) is 76.3 cm³/mol. The highest BCUT2D eigenvalue weighted by molar-refractivity contribution is 7.10. The summed E-state index contributed by atoms with van der Waals surface area (Å²) in [5.41, 5.74) is 2.70. The first-order valence-electron chi connectivity index (χ1n) is 5.28. The lowest BCUT2D eigenvalue weighted by molar-refractivity contribution is 0.269. The van der Waals surface area contributed by atoms with Crippen LogP contribution in [-0.2, 0) is 0 Å². The summed E-state index contributed by atoms with van der Waals surface area (Å²) >= 11 is 13.4. The Morgan fingerprint density at radius 3 is 2.50 bits per heavy atom. The number of hydrogen-bond donors (Lipinski definition) is 2. The van der Waals surface area contributed by atoms with E-state index in [1.165, 1.54) is 0 Å². The van der Waals surface area contributed by atoms with Crippen LogP contribution in [0.15, 0.2) is 35.7 Å². The quantitative estimate of drug-likeness (QED) is 0.655. The lowest BCUT2D eigenvalue weighted by Gasteiger charge is -2.16. The van der Waals surface area contributed by atoms with Gasteiger partial charge >= 0.3 is 0 Å². The smallest absolute Gasteiger partial charge is 0.119 e. The van der Waals surface area contributed by atoms with Gasteiger partial charge in [0, 0.05) is 9.90 Å². The maximum Gasteiger partial charge on any atom is 0.119 e. The van der Waals surface area contributed by atoms with E-state index >= 15 is 0 Å². The van der Waals surface area contributed by atoms with Crippen LogP contribution in [-0.4, -0.2) is 6.61 Å². The third-order valence-electron chi connectivity index (χ3n) is 2.39. The average molecular weight is 303 g/mol. The summed E-state index contributed by atoms with van der Waals surface area (Å²) < 4.78 is 5.64. The fourth-order valence-corrected chi connectivity index (χ4v) is 2.82. The third kappa shape index (κ3) is 3.37. The zero-order chi connectivity index (χ0) is 13.0. The number of halogens is 2. The summed E-state index contributed by atoms with van der Waals surface area (Å²) in [5, 5.41) is 3.30. The van der Waals surface area contributed by atoms with E-state index in [2.05, 4.69) is 5.43 Å². The van der Waals surface area contributed by atoms with Gasteiger partial charge in [0.25, 0.3) is 0 Å². The van der Waals surface area contributed by atoms with Crippen molar-refractivity contribution in [3.8, 4) is 5.75 Å². The van der Waals surface area contributed by atoms with Gasteiger partial charge in [-0.15, -0.1) is 11.3 Å². The molecule has 1 aromatic carbocycles. The predicted octanol–water partition coefficient (Wildman–Crippen LogP) is 3.64. The van der Waals surface area contributed by atoms with E-state index in [4.69, 9.17) is 33.8 Å². The third-order valence-corrected chi connectivity index (χ3v) is 4.12. The first-order chi connectivity index (χ1) is 8.70. The largest absolute Gasteiger partial charge is 0.492 e. The van der Waals surface area contributed by atoms with Gasteiger partial charge in [-0.25, -0.2) is 5.43 Å². The van der Waals surface area contributed by atoms with Gasteiger partial charge < -0.3 is 4.74 Å². The molecule has 0 aliphatic heterocycles. The maximum absolute atomic E-state index is 6.06. The first-order valence-corrected chi connectivity index (χ1v) is 6.91. The van der Waals surface area contributed by atoms with E-state index in [1.807, 2.05) is 23.6 Å². The minimum absolute atomic E-state index is 0.131. The Morgan fingerprint density at radius 2 is 1.94 bits per heavy atom. The molecule has 1 unspecified atom stereocenters. The minimum atomic E-state index is -0.131. The van der Waals surface area contributed by atoms with Gasteiger partial charge in [0.15, 0.2) is 0 Å². The second kappa shape index (κ2) is 6.41. The Hall–Kier alpha value is -0.780. The molecule has 3 N–H and O–H groups in total. The van der Waals surface area contributed by atoms with Crippen LogP contribution in [0.25, 0.3) is 0 Å². The molecule has 1 heterocycles. The molecular formula is C12H12Cl2N2OS. The Kier molecular flexibility index (Phi) is 4.86. The highest BCUT2D eigenvalue weighted by atomic mass is 35.5. The summed E-state index contributed by atoms with van der Waals surface area (Å²) in [6.07, 6.45) is 0. The molecule has 1 aromatic heterocycles. The molecule has 0 saturated carbocycles. The number of thiophene rings is 1. The highest BCUT2D eigenvalue weighted by Gasteiger charge is 2.15. The number of ether oxygens (including phenoxy) is 1. The van der Waals surface area contributed by atoms with Crippen LogP contribution in [0, 0.1) is 0 Å². The number of hydrazine groups is 1. The summed E-state index contributed by atoms with van der Waals surface area (Å²) in [4.78, 5) is 0.966. The van der Waals surface area contributed by atoms with Crippen LogP contribution in [0.4, 0.5) is 0 Å². The second-order valence-electron chi connectivity index (χ2n) is 3.62. The van der Waals surface area contributed by atoms with Crippen LogP contribution in [0.5, 0.6) is 5.75 Å². The number of hydrogen-bond acceptors (Lipinski definition) is 4. The van der Waals surface area contributed by atoms with Crippen LogP contribution >= 0.6 is 34.5 Å². The van der Waals surface area contributed by atoms with Gasteiger partial charge in [-0.3, -0.25) is 5.84 Å². The highest BCUT2D eigenvalue weighted by Crippen LogP contribution is 2.28. The van der Waals surface area contributed by atoms with Crippen LogP contribution in [0.2, 0.25) is 10.0 Å². The van der Waals surface area contributed by atoms with Crippen molar-refractivity contribution in [2.75, 3.05) is 6.61 Å². The van der Waals surface area contributed by atoms with Crippen LogP contribution in [0.3, 0.4) is 0 Å². The van der Waals surface area contributed by atoms with Gasteiger partial charge in [-0.1, -0.05) is 23.2 Å². The summed E-state index contributed by atoms with van der Waals surface area (Å²) in [6, 6.07) is 8.89. The fraction of sp³-hybridized carbons (Fsp3) is 0.167. The molecule has 0 spiro atoms. The molecule has 96 valence electrons. The van der Waals surface area contributed by atoms with E-state index in [1.54, 1.807) is 23.5 Å². The maximum atomic E-state index is 6.06. The van der Waals surface area contributed by atoms with E-state index in [0.29, 0.717) is 16.7 Å². The minimum Gasteiger partial charge on any atom is -0.492 e. The van der Waals surface area contributed by atoms with Crippen molar-refractivity contribution in [3.63, 3.8) is 0 Å². The molecule has 0 saturated heterocycles. The molecule has 18 heavy (non-hydrogen) atoms. The SMILES string of the molecule is NNC(COc1ccc(Cl)cc1)c1sccc1Cl. The van der Waals surface area contributed by atoms with Gasteiger partial charge in [0.1, 0.15) is 12.4 Å². The lowest BCUT2D eigenvalue weighted by Crippen LogP contribution is -2.31. The first kappa shape index (κ1) is 13.6. The molecule has 0 fully saturated rings. The molecule has 2 aromatic rings. The molecular weight excluding hydrogens is 291 g/mol. The monoisotopic (exact) mass is 302 g/mol.